The van der Waals surface area contributed by atoms with Crippen molar-refractivity contribution in [3.05, 3.63) is 42.0 Å². The summed E-state index contributed by atoms with van der Waals surface area (Å²) < 4.78 is 5.70. The van der Waals surface area contributed by atoms with E-state index in [9.17, 15) is 0 Å². The largest absolute Gasteiger partial charge is 1.00 e. The Kier molecular flexibility index (Phi) is 11.0. The first kappa shape index (κ1) is 21.2. The third-order valence-corrected chi connectivity index (χ3v) is 10.2. The van der Waals surface area contributed by atoms with Crippen LogP contribution >= 0.6 is 0 Å². The summed E-state index contributed by atoms with van der Waals surface area (Å²) >= 11 is -1.75. The van der Waals surface area contributed by atoms with Crippen molar-refractivity contribution in [2.75, 3.05) is 13.2 Å². The van der Waals surface area contributed by atoms with Gasteiger partial charge in [0.15, 0.2) is 0 Å². The van der Waals surface area contributed by atoms with Crippen LogP contribution in [0.1, 0.15) is 32.6 Å². The Balaban J connectivity index is 0.00000200. The Morgan fingerprint density at radius 3 is 1.71 bits per heavy atom. The van der Waals surface area contributed by atoms with Gasteiger partial charge in [0.25, 0.3) is 0 Å². The van der Waals surface area contributed by atoms with Gasteiger partial charge in [-0.05, 0) is 0 Å². The third-order valence-electron chi connectivity index (χ3n) is 3.67. The van der Waals surface area contributed by atoms with Crippen LogP contribution in [0.25, 0.3) is 0 Å². The molecule has 21 heavy (non-hydrogen) atoms. The van der Waals surface area contributed by atoms with Crippen LogP contribution in [0, 0.1) is 0 Å². The summed E-state index contributed by atoms with van der Waals surface area (Å²) in [6.07, 6.45) is 12.9. The molecule has 2 aliphatic carbocycles. The fourth-order valence-corrected chi connectivity index (χ4v) is 8.82. The van der Waals surface area contributed by atoms with Crippen molar-refractivity contribution in [2.45, 2.75) is 32.6 Å². The summed E-state index contributed by atoms with van der Waals surface area (Å²) in [5.41, 5.74) is 2.61. The van der Waals surface area contributed by atoms with E-state index in [1.807, 2.05) is 0 Å². The van der Waals surface area contributed by atoms with Crippen molar-refractivity contribution in [1.82, 2.24) is 0 Å². The minimum Gasteiger partial charge on any atom is -1.00 e. The number of hydrogen-bond acceptors (Lipinski definition) is 2. The van der Waals surface area contributed by atoms with E-state index in [1.54, 1.807) is 6.56 Å². The quantitative estimate of drug-likeness (QED) is 0.482. The molecule has 0 aromatic heterocycles. The van der Waals surface area contributed by atoms with Gasteiger partial charge in [0, 0.05) is 0 Å². The van der Waals surface area contributed by atoms with Gasteiger partial charge in [-0.25, -0.2) is 0 Å². The molecule has 5 heteroatoms. The van der Waals surface area contributed by atoms with E-state index in [0.717, 1.165) is 25.7 Å². The van der Waals surface area contributed by atoms with E-state index < -0.39 is 21.3 Å². The maximum absolute atomic E-state index is 9.01. The second-order valence-corrected chi connectivity index (χ2v) is 11.6. The Labute approximate surface area is 147 Å². The topological polar surface area (TPSA) is 40.5 Å². The first-order valence-electron chi connectivity index (χ1n) is 6.96. The van der Waals surface area contributed by atoms with Crippen LogP contribution in [0.15, 0.2) is 42.0 Å². The standard InChI is InChI=1S/2C7H9O.C2H4.2ClH.Zr/c2*8-6-5-7-3-1-2-4-7;1-2;;;/h2*3-4,8H,1,5-6H2;1H,2H3;2*1H;/q;;;;;+2/p-2. The molecular formula is C16H22Cl2O2Zr. The maximum atomic E-state index is 9.01. The number of hydrogen-bond donors (Lipinski definition) is 2. The molecule has 2 nitrogen and oxygen atoms in total. The average molecular weight is 408 g/mol. The van der Waals surface area contributed by atoms with Gasteiger partial charge >= 0.3 is 123 Å². The Morgan fingerprint density at radius 2 is 1.38 bits per heavy atom. The van der Waals surface area contributed by atoms with Crippen LogP contribution in [0.2, 0.25) is 0 Å². The second-order valence-electron chi connectivity index (χ2n) is 4.96. The first-order valence-corrected chi connectivity index (χ1v) is 10.8. The van der Waals surface area contributed by atoms with Gasteiger partial charge in [0.1, 0.15) is 0 Å². The predicted octanol–water partition coefficient (Wildman–Crippen LogP) is -3.37. The number of aliphatic hydroxyl groups is 2. The molecule has 0 heterocycles. The molecular weight excluding hydrogens is 386 g/mol. The minimum atomic E-state index is -1.75. The molecule has 0 aliphatic heterocycles. The van der Waals surface area contributed by atoms with Crippen molar-refractivity contribution in [1.29, 1.82) is 0 Å². The minimum absolute atomic E-state index is 0. The fraction of sp³-hybridized carbons (Fsp3) is 0.438. The van der Waals surface area contributed by atoms with Gasteiger partial charge in [-0.3, -0.25) is 0 Å². The summed E-state index contributed by atoms with van der Waals surface area (Å²) in [6, 6.07) is 0. The summed E-state index contributed by atoms with van der Waals surface area (Å²) in [5.74, 6) is 0. The third kappa shape index (κ3) is 5.73. The van der Waals surface area contributed by atoms with Gasteiger partial charge in [-0.15, -0.1) is 0 Å². The number of halogens is 2. The van der Waals surface area contributed by atoms with Crippen molar-refractivity contribution in [2.24, 2.45) is 0 Å². The smallest absolute Gasteiger partial charge is 1.00 e. The van der Waals surface area contributed by atoms with Crippen molar-refractivity contribution < 1.29 is 56.3 Å². The second kappa shape index (κ2) is 10.9. The number of rotatable bonds is 6. The molecule has 0 spiro atoms. The van der Waals surface area contributed by atoms with Gasteiger partial charge in [0.05, 0.1) is 0 Å². The molecule has 0 atom stereocenters. The van der Waals surface area contributed by atoms with Crippen molar-refractivity contribution >= 4 is 3.71 Å². The summed E-state index contributed by atoms with van der Waals surface area (Å²) in [6.45, 7) is 2.69. The summed E-state index contributed by atoms with van der Waals surface area (Å²) in [7, 11) is 0. The van der Waals surface area contributed by atoms with Crippen LogP contribution in [-0.2, 0) is 21.3 Å². The number of allylic oxidation sites excluding steroid dienone is 6. The predicted molar refractivity (Wildman–Crippen MR) is 76.7 cm³/mol. The van der Waals surface area contributed by atoms with Crippen molar-refractivity contribution in [3.63, 3.8) is 0 Å². The van der Waals surface area contributed by atoms with E-state index in [2.05, 4.69) is 34.9 Å². The fourth-order valence-electron chi connectivity index (χ4n) is 2.72. The SMILES string of the molecule is C[CH]=[Zr+2]([C]1=CC(CCO)=CC1)[C]1=CC(CCO)=CC1.[Cl-].[Cl-]. The van der Waals surface area contributed by atoms with E-state index >= 15 is 0 Å². The van der Waals surface area contributed by atoms with Gasteiger partial charge < -0.3 is 24.8 Å². The first-order chi connectivity index (χ1) is 9.28. The molecule has 0 radical (unpaired) electrons. The Morgan fingerprint density at radius 1 is 0.952 bits per heavy atom. The number of aliphatic hydroxyl groups excluding tert-OH is 2. The van der Waals surface area contributed by atoms with Crippen LogP contribution in [-0.4, -0.2) is 27.1 Å². The maximum Gasteiger partial charge on any atom is -1.00 e. The molecule has 0 aromatic carbocycles. The monoisotopic (exact) mass is 406 g/mol. The Hall–Kier alpha value is 0.213. The molecule has 2 N–H and O–H groups in total. The van der Waals surface area contributed by atoms with Crippen LogP contribution < -0.4 is 24.8 Å². The average Bonchev–Trinajstić information content (AvgIpc) is 3.02. The molecule has 0 saturated heterocycles. The van der Waals surface area contributed by atoms with E-state index in [-0.39, 0.29) is 38.0 Å². The molecule has 0 fully saturated rings. The zero-order valence-electron chi connectivity index (χ0n) is 12.3. The van der Waals surface area contributed by atoms with E-state index in [4.69, 9.17) is 10.2 Å². The van der Waals surface area contributed by atoms with Crippen LogP contribution in [0.4, 0.5) is 0 Å². The van der Waals surface area contributed by atoms with Gasteiger partial charge in [-0.1, -0.05) is 0 Å². The normalized spacial score (nSPS) is 15.7. The van der Waals surface area contributed by atoms with E-state index in [0.29, 0.717) is 0 Å². The molecule has 116 valence electrons. The van der Waals surface area contributed by atoms with Gasteiger partial charge in [-0.2, -0.15) is 0 Å². The summed E-state index contributed by atoms with van der Waals surface area (Å²) in [4.78, 5) is 0. The molecule has 0 aromatic rings. The van der Waals surface area contributed by atoms with Crippen LogP contribution in [0.5, 0.6) is 0 Å². The van der Waals surface area contributed by atoms with Crippen LogP contribution in [0.3, 0.4) is 0 Å². The molecule has 0 amide bonds. The van der Waals surface area contributed by atoms with E-state index in [1.165, 1.54) is 11.1 Å². The molecule has 2 aliphatic rings. The van der Waals surface area contributed by atoms with Gasteiger partial charge in [0.2, 0.25) is 0 Å². The zero-order valence-corrected chi connectivity index (χ0v) is 16.2. The molecule has 2 rings (SSSR count). The molecule has 0 bridgehead atoms. The summed E-state index contributed by atoms with van der Waals surface area (Å²) in [5, 5.41) is 18.0. The Bertz CT molecular complexity index is 460. The molecule has 0 unspecified atom stereocenters. The molecule has 0 saturated carbocycles. The van der Waals surface area contributed by atoms with Crippen molar-refractivity contribution in [3.8, 4) is 0 Å². The zero-order chi connectivity index (χ0) is 13.7.